The Morgan fingerprint density at radius 3 is 2.62 bits per heavy atom. The van der Waals surface area contributed by atoms with Crippen LogP contribution in [0.25, 0.3) is 0 Å². The Morgan fingerprint density at radius 2 is 1.86 bits per heavy atom. The molecular weight excluding hydrogens is 372 g/mol. The molecule has 2 aromatic rings. The van der Waals surface area contributed by atoms with Crippen LogP contribution in [0.2, 0.25) is 0 Å². The van der Waals surface area contributed by atoms with E-state index in [0.717, 1.165) is 50.7 Å². The topological polar surface area (TPSA) is 83.2 Å². The third kappa shape index (κ3) is 4.15. The number of hydrogen-bond donors (Lipinski definition) is 1. The summed E-state index contributed by atoms with van der Waals surface area (Å²) in [5, 5.41) is 6.89. The Hall–Kier alpha value is -2.80. The molecule has 1 spiro atoms. The van der Waals surface area contributed by atoms with E-state index in [4.69, 9.17) is 19.1 Å². The molecule has 7 heteroatoms. The van der Waals surface area contributed by atoms with Crippen molar-refractivity contribution in [1.82, 2.24) is 9.80 Å². The molecule has 3 aliphatic rings. The number of amides is 1. The number of likely N-dealkylation sites (tertiary alicyclic amines) is 2. The van der Waals surface area contributed by atoms with Gasteiger partial charge in [-0.25, -0.2) is 0 Å². The fourth-order valence-corrected chi connectivity index (χ4v) is 4.48. The van der Waals surface area contributed by atoms with E-state index in [0.29, 0.717) is 12.4 Å². The van der Waals surface area contributed by atoms with Gasteiger partial charge in [0.15, 0.2) is 5.76 Å². The van der Waals surface area contributed by atoms with Crippen molar-refractivity contribution in [2.45, 2.75) is 25.8 Å². The number of rotatable bonds is 3. The number of carboxylic acid groups (broad SMARTS) is 1. The predicted molar refractivity (Wildman–Crippen MR) is 106 cm³/mol. The van der Waals surface area contributed by atoms with Crippen LogP contribution >= 0.6 is 0 Å². The molecule has 7 nitrogen and oxygen atoms in total. The Kier molecular flexibility index (Phi) is 5.58. The lowest BCUT2D eigenvalue weighted by Crippen LogP contribution is -2.62. The number of fused-ring (bicyclic) bond motifs is 1. The zero-order valence-electron chi connectivity index (χ0n) is 16.4. The monoisotopic (exact) mass is 398 g/mol. The fourth-order valence-electron chi connectivity index (χ4n) is 4.48. The van der Waals surface area contributed by atoms with Crippen LogP contribution in [-0.4, -0.2) is 60.1 Å². The summed E-state index contributed by atoms with van der Waals surface area (Å²) >= 11 is 0. The highest BCUT2D eigenvalue weighted by atomic mass is 16.5. The van der Waals surface area contributed by atoms with Gasteiger partial charge >= 0.3 is 0 Å². The molecule has 4 heterocycles. The van der Waals surface area contributed by atoms with Crippen molar-refractivity contribution in [3.8, 4) is 5.75 Å². The van der Waals surface area contributed by atoms with Gasteiger partial charge in [-0.3, -0.25) is 14.5 Å². The molecule has 0 atom stereocenters. The molecule has 1 N–H and O–H groups in total. The molecule has 5 rings (SSSR count). The van der Waals surface area contributed by atoms with Crippen LogP contribution in [-0.2, 0) is 17.8 Å². The number of benzene rings is 1. The van der Waals surface area contributed by atoms with Gasteiger partial charge in [0.1, 0.15) is 11.5 Å². The second-order valence-corrected chi connectivity index (χ2v) is 8.09. The molecule has 1 aromatic heterocycles. The maximum Gasteiger partial charge on any atom is 0.290 e. The molecule has 1 amide bonds. The van der Waals surface area contributed by atoms with Gasteiger partial charge in [0.2, 0.25) is 0 Å². The molecule has 2 fully saturated rings. The van der Waals surface area contributed by atoms with E-state index in [1.54, 1.807) is 0 Å². The predicted octanol–water partition coefficient (Wildman–Crippen LogP) is 2.65. The van der Waals surface area contributed by atoms with Crippen molar-refractivity contribution in [3.63, 3.8) is 0 Å². The van der Waals surface area contributed by atoms with Crippen molar-refractivity contribution >= 4 is 12.4 Å². The van der Waals surface area contributed by atoms with Crippen molar-refractivity contribution in [1.29, 1.82) is 0 Å². The first-order valence-corrected chi connectivity index (χ1v) is 10.0. The summed E-state index contributed by atoms with van der Waals surface area (Å²) in [6, 6.07) is 12.0. The Balaban J connectivity index is 0.000000645. The van der Waals surface area contributed by atoms with Crippen LogP contribution in [0, 0.1) is 5.41 Å². The summed E-state index contributed by atoms with van der Waals surface area (Å²) < 4.78 is 11.8. The number of carbonyl (C=O) groups is 2. The molecule has 0 saturated carbocycles. The average molecular weight is 398 g/mol. The molecule has 0 aliphatic carbocycles. The highest BCUT2D eigenvalue weighted by Gasteiger charge is 2.48. The fraction of sp³-hybridized carbons (Fsp3) is 0.455. The summed E-state index contributed by atoms with van der Waals surface area (Å²) in [5.74, 6) is 2.34. The maximum atomic E-state index is 12.7. The minimum absolute atomic E-state index is 0.00200. The number of carbonyl (C=O) groups excluding carboxylic acids is 1. The van der Waals surface area contributed by atoms with Crippen LogP contribution in [0.4, 0.5) is 0 Å². The Labute approximate surface area is 169 Å². The number of hydrogen-bond acceptors (Lipinski definition) is 5. The van der Waals surface area contributed by atoms with Crippen molar-refractivity contribution < 1.29 is 23.8 Å². The van der Waals surface area contributed by atoms with Crippen LogP contribution in [0.3, 0.4) is 0 Å². The largest absolute Gasteiger partial charge is 0.493 e. The van der Waals surface area contributed by atoms with Crippen LogP contribution < -0.4 is 4.74 Å². The molecule has 1 aromatic carbocycles. The van der Waals surface area contributed by atoms with E-state index in [2.05, 4.69) is 11.0 Å². The standard InChI is InChI=1S/C21H24N2O3.CH2O2/c24-20(19-8-7-17(26-19)12-22-9-3-4-10-22)23-13-21(14-23)11-16-5-1-2-6-18(16)25-15-21;2-1-3/h1-2,5-8H,3-4,9-15H2;1H,(H,2,3). The van der Waals surface area contributed by atoms with E-state index in [9.17, 15) is 4.79 Å². The molecule has 29 heavy (non-hydrogen) atoms. The van der Waals surface area contributed by atoms with E-state index >= 15 is 0 Å². The van der Waals surface area contributed by atoms with Gasteiger partial charge < -0.3 is 19.2 Å². The molecule has 0 radical (unpaired) electrons. The first-order chi connectivity index (χ1) is 14.1. The van der Waals surface area contributed by atoms with Gasteiger partial charge in [-0.15, -0.1) is 0 Å². The normalized spacial score (nSPS) is 19.5. The number of furan rings is 1. The molecule has 0 unspecified atom stereocenters. The van der Waals surface area contributed by atoms with E-state index in [1.807, 2.05) is 35.2 Å². The highest BCUT2D eigenvalue weighted by molar-refractivity contribution is 5.92. The average Bonchev–Trinajstić information content (AvgIpc) is 3.38. The van der Waals surface area contributed by atoms with Crippen molar-refractivity contribution in [2.24, 2.45) is 5.41 Å². The van der Waals surface area contributed by atoms with Gasteiger partial charge in [0.05, 0.1) is 13.2 Å². The smallest absolute Gasteiger partial charge is 0.290 e. The SMILES string of the molecule is O=C(c1ccc(CN2CCCC2)o1)N1CC2(COc3ccccc3C2)C1.O=CO. The summed E-state index contributed by atoms with van der Waals surface area (Å²) in [7, 11) is 0. The quantitative estimate of drug-likeness (QED) is 0.801. The minimum atomic E-state index is -0.250. The lowest BCUT2D eigenvalue weighted by atomic mass is 9.74. The molecular formula is C22H26N2O5. The summed E-state index contributed by atoms with van der Waals surface area (Å²) in [4.78, 5) is 25.4. The second-order valence-electron chi connectivity index (χ2n) is 8.09. The van der Waals surface area contributed by atoms with Gasteiger partial charge in [0, 0.05) is 18.5 Å². The third-order valence-corrected chi connectivity index (χ3v) is 5.86. The lowest BCUT2D eigenvalue weighted by Gasteiger charge is -2.51. The number of nitrogens with zero attached hydrogens (tertiary/aromatic N) is 2. The first kappa shape index (κ1) is 19.5. The molecule has 154 valence electrons. The molecule has 3 aliphatic heterocycles. The summed E-state index contributed by atoms with van der Waals surface area (Å²) in [6.45, 7) is 4.97. The zero-order chi connectivity index (χ0) is 20.3. The van der Waals surface area contributed by atoms with Gasteiger partial charge in [-0.05, 0) is 56.1 Å². The zero-order valence-corrected chi connectivity index (χ0v) is 16.4. The van der Waals surface area contributed by atoms with Crippen LogP contribution in [0.5, 0.6) is 5.75 Å². The second kappa shape index (κ2) is 8.29. The summed E-state index contributed by atoms with van der Waals surface area (Å²) in [5.41, 5.74) is 1.31. The van der Waals surface area contributed by atoms with Crippen LogP contribution in [0.1, 0.15) is 34.7 Å². The van der Waals surface area contributed by atoms with Gasteiger partial charge in [-0.2, -0.15) is 0 Å². The van der Waals surface area contributed by atoms with E-state index < -0.39 is 0 Å². The van der Waals surface area contributed by atoms with Crippen molar-refractivity contribution in [3.05, 3.63) is 53.5 Å². The lowest BCUT2D eigenvalue weighted by molar-refractivity contribution is -0.122. The van der Waals surface area contributed by atoms with Crippen molar-refractivity contribution in [2.75, 3.05) is 32.8 Å². The maximum absolute atomic E-state index is 12.7. The first-order valence-electron chi connectivity index (χ1n) is 10.0. The molecule has 0 bridgehead atoms. The van der Waals surface area contributed by atoms with Gasteiger partial charge in [-0.1, -0.05) is 18.2 Å². The minimum Gasteiger partial charge on any atom is -0.493 e. The Morgan fingerprint density at radius 1 is 1.14 bits per heavy atom. The highest BCUT2D eigenvalue weighted by Crippen LogP contribution is 2.41. The number of para-hydroxylation sites is 1. The summed E-state index contributed by atoms with van der Waals surface area (Å²) in [6.07, 6.45) is 3.49. The van der Waals surface area contributed by atoms with E-state index in [1.165, 1.54) is 18.4 Å². The van der Waals surface area contributed by atoms with E-state index in [-0.39, 0.29) is 17.8 Å². The van der Waals surface area contributed by atoms with Crippen LogP contribution in [0.15, 0.2) is 40.8 Å². The molecule has 2 saturated heterocycles. The third-order valence-electron chi connectivity index (χ3n) is 5.86. The Bertz CT molecular complexity index is 866. The number of ether oxygens (including phenoxy) is 1. The van der Waals surface area contributed by atoms with Gasteiger partial charge in [0.25, 0.3) is 12.4 Å².